The van der Waals surface area contributed by atoms with E-state index < -0.39 is 5.97 Å². The number of hydrogen-bond donors (Lipinski definition) is 2. The van der Waals surface area contributed by atoms with Crippen LogP contribution in [0.25, 0.3) is 0 Å². The molecule has 0 aliphatic heterocycles. The van der Waals surface area contributed by atoms with Crippen LogP contribution in [-0.2, 0) is 9.59 Å². The molecule has 0 heterocycles. The molecule has 0 spiro atoms. The summed E-state index contributed by atoms with van der Waals surface area (Å²) in [4.78, 5) is 23.0. The molecule has 0 aromatic rings. The van der Waals surface area contributed by atoms with Gasteiger partial charge in [-0.15, -0.1) is 0 Å². The number of carboxylic acid groups (broad SMARTS) is 1. The number of carboxylic acids is 1. The second-order valence-electron chi connectivity index (χ2n) is 6.34. The molecule has 0 saturated heterocycles. The smallest absolute Gasteiger partial charge is 0.306 e. The number of fused-ring (bicyclic) bond motifs is 2. The summed E-state index contributed by atoms with van der Waals surface area (Å²) in [6.07, 6.45) is 6.95. The van der Waals surface area contributed by atoms with Crippen LogP contribution < -0.4 is 5.32 Å². The Labute approximate surface area is 107 Å². The van der Waals surface area contributed by atoms with Gasteiger partial charge in [-0.2, -0.15) is 0 Å². The highest BCUT2D eigenvalue weighted by molar-refractivity contribution is 5.81. The van der Waals surface area contributed by atoms with E-state index in [9.17, 15) is 9.59 Å². The monoisotopic (exact) mass is 251 g/mol. The maximum Gasteiger partial charge on any atom is 0.306 e. The van der Waals surface area contributed by atoms with Gasteiger partial charge in [0.15, 0.2) is 0 Å². The van der Waals surface area contributed by atoms with E-state index in [0.717, 1.165) is 18.8 Å². The van der Waals surface area contributed by atoms with E-state index in [1.54, 1.807) is 0 Å². The van der Waals surface area contributed by atoms with Crippen molar-refractivity contribution in [3.63, 3.8) is 0 Å². The summed E-state index contributed by atoms with van der Waals surface area (Å²) in [5, 5.41) is 12.1. The molecule has 2 N–H and O–H groups in total. The minimum atomic E-state index is -0.745. The first-order chi connectivity index (χ1) is 8.63. The molecule has 0 aromatic carbocycles. The fraction of sp³-hybridized carbons (Fsp3) is 0.857. The molecule has 4 nitrogen and oxygen atoms in total. The van der Waals surface area contributed by atoms with Gasteiger partial charge in [0.2, 0.25) is 5.91 Å². The lowest BCUT2D eigenvalue weighted by Crippen LogP contribution is -2.41. The highest BCUT2D eigenvalue weighted by Gasteiger charge is 2.41. The standard InChI is InChI=1S/C14H21NO3/c16-13(10-3-4-11(7-10)14(17)18)15-12-6-8-1-2-9(12)5-8/h8-12H,1-7H2,(H,15,16)(H,17,18)/t8?,9?,10-,11+,12?/m0/s1. The van der Waals surface area contributed by atoms with Crippen LogP contribution in [0.15, 0.2) is 0 Å². The van der Waals surface area contributed by atoms with E-state index in [0.29, 0.717) is 24.8 Å². The van der Waals surface area contributed by atoms with Gasteiger partial charge in [-0.3, -0.25) is 9.59 Å². The lowest BCUT2D eigenvalue weighted by Gasteiger charge is -2.24. The Morgan fingerprint density at radius 3 is 2.28 bits per heavy atom. The molecule has 3 rings (SSSR count). The molecule has 5 atom stereocenters. The van der Waals surface area contributed by atoms with Gasteiger partial charge in [0.1, 0.15) is 0 Å². The summed E-state index contributed by atoms with van der Waals surface area (Å²) >= 11 is 0. The molecular formula is C14H21NO3. The van der Waals surface area contributed by atoms with E-state index in [2.05, 4.69) is 5.32 Å². The van der Waals surface area contributed by atoms with Crippen LogP contribution in [0.2, 0.25) is 0 Å². The van der Waals surface area contributed by atoms with Gasteiger partial charge in [-0.25, -0.2) is 0 Å². The third-order valence-corrected chi connectivity index (χ3v) is 5.22. The minimum Gasteiger partial charge on any atom is -0.481 e. The lowest BCUT2D eigenvalue weighted by atomic mass is 9.94. The topological polar surface area (TPSA) is 66.4 Å². The van der Waals surface area contributed by atoms with Crippen molar-refractivity contribution in [2.45, 2.75) is 51.0 Å². The Bertz CT molecular complexity index is 368. The highest BCUT2D eigenvalue weighted by Crippen LogP contribution is 2.44. The predicted molar refractivity (Wildman–Crippen MR) is 65.8 cm³/mol. The fourth-order valence-corrected chi connectivity index (χ4v) is 4.17. The van der Waals surface area contributed by atoms with Gasteiger partial charge in [0, 0.05) is 12.0 Å². The van der Waals surface area contributed by atoms with Gasteiger partial charge in [-0.1, -0.05) is 6.42 Å². The number of hydrogen-bond acceptors (Lipinski definition) is 2. The Balaban J connectivity index is 1.52. The normalized spacial score (nSPS) is 42.1. The van der Waals surface area contributed by atoms with Gasteiger partial charge in [-0.05, 0) is 50.4 Å². The maximum atomic E-state index is 12.1. The summed E-state index contributed by atoms with van der Waals surface area (Å²) in [5.74, 6) is 0.513. The van der Waals surface area contributed by atoms with E-state index in [1.807, 2.05) is 0 Å². The quantitative estimate of drug-likeness (QED) is 0.803. The number of rotatable bonds is 3. The second-order valence-corrected chi connectivity index (χ2v) is 6.34. The third kappa shape index (κ3) is 2.13. The molecule has 100 valence electrons. The van der Waals surface area contributed by atoms with Crippen LogP contribution in [0, 0.1) is 23.7 Å². The van der Waals surface area contributed by atoms with E-state index in [-0.39, 0.29) is 17.7 Å². The predicted octanol–water partition coefficient (Wildman–Crippen LogP) is 1.79. The van der Waals surface area contributed by atoms with Crippen molar-refractivity contribution in [3.05, 3.63) is 0 Å². The van der Waals surface area contributed by atoms with Crippen LogP contribution in [0.4, 0.5) is 0 Å². The highest BCUT2D eigenvalue weighted by atomic mass is 16.4. The van der Waals surface area contributed by atoms with Gasteiger partial charge in [0.25, 0.3) is 0 Å². The molecule has 3 saturated carbocycles. The number of carbonyl (C=O) groups is 2. The molecular weight excluding hydrogens is 230 g/mol. The number of carbonyl (C=O) groups excluding carboxylic acids is 1. The minimum absolute atomic E-state index is 0.0646. The van der Waals surface area contributed by atoms with Crippen molar-refractivity contribution in [1.29, 1.82) is 0 Å². The Morgan fingerprint density at radius 1 is 0.944 bits per heavy atom. The van der Waals surface area contributed by atoms with E-state index in [1.165, 1.54) is 19.3 Å². The van der Waals surface area contributed by atoms with Crippen molar-refractivity contribution in [1.82, 2.24) is 5.32 Å². The molecule has 3 aliphatic rings. The molecule has 0 aromatic heterocycles. The van der Waals surface area contributed by atoms with Crippen LogP contribution >= 0.6 is 0 Å². The van der Waals surface area contributed by atoms with Gasteiger partial charge in [0.05, 0.1) is 5.92 Å². The molecule has 18 heavy (non-hydrogen) atoms. The van der Waals surface area contributed by atoms with Gasteiger partial charge >= 0.3 is 5.97 Å². The van der Waals surface area contributed by atoms with Gasteiger partial charge < -0.3 is 10.4 Å². The first-order valence-electron chi connectivity index (χ1n) is 7.16. The molecule has 3 fully saturated rings. The Morgan fingerprint density at radius 2 is 1.72 bits per heavy atom. The third-order valence-electron chi connectivity index (χ3n) is 5.22. The SMILES string of the molecule is O=C(O)[C@@H]1CC[C@H](C(=O)NC2CC3CCC2C3)C1. The second kappa shape index (κ2) is 4.56. The molecule has 0 radical (unpaired) electrons. The average Bonchev–Trinajstić information content (AvgIpc) is 3.04. The summed E-state index contributed by atoms with van der Waals surface area (Å²) < 4.78 is 0. The number of aliphatic carboxylic acids is 1. The molecule has 2 bridgehead atoms. The van der Waals surface area contributed by atoms with Crippen LogP contribution in [0.1, 0.15) is 44.9 Å². The number of nitrogens with one attached hydrogen (secondary N) is 1. The zero-order valence-corrected chi connectivity index (χ0v) is 10.6. The zero-order valence-electron chi connectivity index (χ0n) is 10.6. The largest absolute Gasteiger partial charge is 0.481 e. The van der Waals surface area contributed by atoms with Crippen molar-refractivity contribution >= 4 is 11.9 Å². The van der Waals surface area contributed by atoms with Crippen LogP contribution in [0.3, 0.4) is 0 Å². The first-order valence-corrected chi connectivity index (χ1v) is 7.16. The van der Waals surface area contributed by atoms with Crippen molar-refractivity contribution in [3.8, 4) is 0 Å². The van der Waals surface area contributed by atoms with E-state index >= 15 is 0 Å². The van der Waals surface area contributed by atoms with Crippen molar-refractivity contribution < 1.29 is 14.7 Å². The summed E-state index contributed by atoms with van der Waals surface area (Å²) in [5.41, 5.74) is 0. The zero-order chi connectivity index (χ0) is 12.7. The summed E-state index contributed by atoms with van der Waals surface area (Å²) in [6.45, 7) is 0. The summed E-state index contributed by atoms with van der Waals surface area (Å²) in [7, 11) is 0. The molecule has 4 heteroatoms. The first kappa shape index (κ1) is 12.0. The maximum absolute atomic E-state index is 12.1. The Kier molecular flexibility index (Phi) is 3.04. The van der Waals surface area contributed by atoms with E-state index in [4.69, 9.17) is 5.11 Å². The molecule has 3 unspecified atom stereocenters. The summed E-state index contributed by atoms with van der Waals surface area (Å²) in [6, 6.07) is 0.375. The molecule has 1 amide bonds. The van der Waals surface area contributed by atoms with Crippen molar-refractivity contribution in [2.24, 2.45) is 23.7 Å². The lowest BCUT2D eigenvalue weighted by molar-refractivity contribution is -0.141. The molecule has 3 aliphatic carbocycles. The van der Waals surface area contributed by atoms with Crippen LogP contribution in [0.5, 0.6) is 0 Å². The fourth-order valence-electron chi connectivity index (χ4n) is 4.17. The van der Waals surface area contributed by atoms with Crippen molar-refractivity contribution in [2.75, 3.05) is 0 Å². The van der Waals surface area contributed by atoms with Crippen LogP contribution in [-0.4, -0.2) is 23.0 Å². The number of amides is 1. The Hall–Kier alpha value is -1.06. The average molecular weight is 251 g/mol.